The topological polar surface area (TPSA) is 77.0 Å². The van der Waals surface area contributed by atoms with Gasteiger partial charge in [-0.1, -0.05) is 27.8 Å². The number of rotatable bonds is 2. The van der Waals surface area contributed by atoms with Gasteiger partial charge in [0.2, 0.25) is 0 Å². The van der Waals surface area contributed by atoms with E-state index in [4.69, 9.17) is 5.73 Å². The van der Waals surface area contributed by atoms with Crippen LogP contribution in [-0.4, -0.2) is 27.2 Å². The number of nitrogen functional groups attached to an aromatic ring is 1. The summed E-state index contributed by atoms with van der Waals surface area (Å²) < 4.78 is 40.3. The molecule has 1 atom stereocenters. The van der Waals surface area contributed by atoms with E-state index in [2.05, 4.69) is 37.9 Å². The van der Waals surface area contributed by atoms with Crippen molar-refractivity contribution < 1.29 is 18.0 Å². The Hall–Kier alpha value is -2.97. The molecule has 11 heteroatoms. The lowest BCUT2D eigenvalue weighted by atomic mass is 10.1. The fraction of sp³-hybridized carbons (Fsp3) is 0.227. The number of benzene rings is 1. The number of hydrogen-bond acceptors (Lipinski definition) is 4. The SMILES string of the molecule is C[C@H]1CN(c2ccc(C(F)(F)F)cc2)C(=O)c2c(C#Cc3cnc(N)cc3CBr)cnn21.S. The van der Waals surface area contributed by atoms with E-state index in [0.717, 1.165) is 17.7 Å². The van der Waals surface area contributed by atoms with Gasteiger partial charge < -0.3 is 10.6 Å². The molecule has 0 spiro atoms. The van der Waals surface area contributed by atoms with Crippen LogP contribution in [-0.2, 0) is 11.5 Å². The number of amides is 1. The van der Waals surface area contributed by atoms with Crippen LogP contribution in [0.25, 0.3) is 0 Å². The Morgan fingerprint density at radius 3 is 2.48 bits per heavy atom. The number of aromatic nitrogens is 3. The third-order valence-electron chi connectivity index (χ3n) is 5.10. The number of pyridine rings is 1. The lowest BCUT2D eigenvalue weighted by Gasteiger charge is -2.32. The van der Waals surface area contributed by atoms with E-state index in [9.17, 15) is 18.0 Å². The van der Waals surface area contributed by atoms with E-state index in [1.54, 1.807) is 16.9 Å². The Labute approximate surface area is 203 Å². The fourth-order valence-corrected chi connectivity index (χ4v) is 3.94. The Morgan fingerprint density at radius 2 is 1.85 bits per heavy atom. The summed E-state index contributed by atoms with van der Waals surface area (Å²) in [6.07, 6.45) is -1.36. The molecule has 172 valence electrons. The summed E-state index contributed by atoms with van der Waals surface area (Å²) in [5, 5.41) is 4.84. The molecule has 1 aliphatic rings. The Morgan fingerprint density at radius 1 is 1.18 bits per heavy atom. The largest absolute Gasteiger partial charge is 0.416 e. The van der Waals surface area contributed by atoms with Gasteiger partial charge in [0, 0.05) is 29.3 Å². The Bertz CT molecular complexity index is 1250. The number of anilines is 2. The molecule has 0 saturated carbocycles. The molecular formula is C22H19BrF3N5OS. The van der Waals surface area contributed by atoms with Crippen LogP contribution in [0.15, 0.2) is 42.7 Å². The molecule has 0 saturated heterocycles. The van der Waals surface area contributed by atoms with Gasteiger partial charge in [0.05, 0.1) is 23.4 Å². The van der Waals surface area contributed by atoms with Crippen molar-refractivity contribution in [1.82, 2.24) is 14.8 Å². The molecule has 2 N–H and O–H groups in total. The average molecular weight is 538 g/mol. The van der Waals surface area contributed by atoms with Crippen molar-refractivity contribution in [1.29, 1.82) is 0 Å². The molecule has 1 aliphatic heterocycles. The first-order valence-corrected chi connectivity index (χ1v) is 10.7. The average Bonchev–Trinajstić information content (AvgIpc) is 3.20. The molecule has 0 unspecified atom stereocenters. The zero-order valence-electron chi connectivity index (χ0n) is 17.3. The first kappa shape index (κ1) is 24.7. The highest BCUT2D eigenvalue weighted by atomic mass is 79.9. The maximum absolute atomic E-state index is 13.2. The van der Waals surface area contributed by atoms with Crippen LogP contribution < -0.4 is 10.6 Å². The predicted octanol–water partition coefficient (Wildman–Crippen LogP) is 4.51. The Kier molecular flexibility index (Phi) is 7.09. The van der Waals surface area contributed by atoms with Crippen LogP contribution in [0.5, 0.6) is 0 Å². The molecule has 2 aromatic heterocycles. The van der Waals surface area contributed by atoms with Gasteiger partial charge in [-0.2, -0.15) is 31.8 Å². The molecule has 0 bridgehead atoms. The molecule has 1 aromatic carbocycles. The predicted molar refractivity (Wildman–Crippen MR) is 128 cm³/mol. The molecule has 33 heavy (non-hydrogen) atoms. The maximum atomic E-state index is 13.2. The van der Waals surface area contributed by atoms with Gasteiger partial charge >= 0.3 is 6.18 Å². The summed E-state index contributed by atoms with van der Waals surface area (Å²) in [7, 11) is 0. The highest BCUT2D eigenvalue weighted by Crippen LogP contribution is 2.32. The lowest BCUT2D eigenvalue weighted by molar-refractivity contribution is -0.137. The van der Waals surface area contributed by atoms with Crippen molar-refractivity contribution in [2.75, 3.05) is 17.2 Å². The standard InChI is InChI=1S/C22H17BrF3N5O.H2S/c1-13-12-30(18-6-4-17(5-7-18)22(24,25)26)21(32)20-15(11-29-31(13)20)3-2-14-10-28-19(27)8-16(14)9-23;/h4-8,10-11,13H,9,12H2,1H3,(H2,27,28);1H2/t13-;/m0./s1. The van der Waals surface area contributed by atoms with Crippen LogP contribution in [0.4, 0.5) is 24.7 Å². The number of carbonyl (C=O) groups excluding carboxylic acids is 1. The maximum Gasteiger partial charge on any atom is 0.416 e. The lowest BCUT2D eigenvalue weighted by Crippen LogP contribution is -2.43. The number of alkyl halides is 4. The molecule has 4 rings (SSSR count). The van der Waals surface area contributed by atoms with E-state index in [1.165, 1.54) is 23.2 Å². The Balaban J connectivity index is 0.00000306. The molecule has 0 aliphatic carbocycles. The van der Waals surface area contributed by atoms with Crippen LogP contribution in [0.2, 0.25) is 0 Å². The second-order valence-electron chi connectivity index (χ2n) is 7.31. The normalized spacial score (nSPS) is 15.4. The van der Waals surface area contributed by atoms with Gasteiger partial charge in [-0.15, -0.1) is 0 Å². The third-order valence-corrected chi connectivity index (χ3v) is 5.70. The van der Waals surface area contributed by atoms with Crippen LogP contribution in [0, 0.1) is 11.8 Å². The van der Waals surface area contributed by atoms with Crippen LogP contribution in [0.1, 0.15) is 45.7 Å². The molecule has 3 aromatic rings. The van der Waals surface area contributed by atoms with Gasteiger partial charge in [0.1, 0.15) is 11.5 Å². The van der Waals surface area contributed by atoms with Crippen molar-refractivity contribution in [3.05, 3.63) is 70.7 Å². The summed E-state index contributed by atoms with van der Waals surface area (Å²) in [4.78, 5) is 18.7. The highest BCUT2D eigenvalue weighted by Gasteiger charge is 2.34. The van der Waals surface area contributed by atoms with Gasteiger partial charge in [0.15, 0.2) is 0 Å². The molecule has 1 amide bonds. The van der Waals surface area contributed by atoms with Crippen LogP contribution >= 0.6 is 29.4 Å². The number of carbonyl (C=O) groups is 1. The van der Waals surface area contributed by atoms with Crippen molar-refractivity contribution in [3.8, 4) is 11.8 Å². The zero-order chi connectivity index (χ0) is 23.0. The number of halogens is 4. The van der Waals surface area contributed by atoms with Gasteiger partial charge in [-0.25, -0.2) is 4.98 Å². The highest BCUT2D eigenvalue weighted by molar-refractivity contribution is 9.08. The molecule has 0 fully saturated rings. The van der Waals surface area contributed by atoms with Gasteiger partial charge in [-0.3, -0.25) is 9.48 Å². The number of nitrogens with zero attached hydrogens (tertiary/aromatic N) is 4. The second-order valence-corrected chi connectivity index (χ2v) is 7.87. The van der Waals surface area contributed by atoms with Crippen molar-refractivity contribution in [2.45, 2.75) is 24.5 Å². The number of fused-ring (bicyclic) bond motifs is 1. The first-order chi connectivity index (χ1) is 15.2. The minimum atomic E-state index is -4.44. The van der Waals surface area contributed by atoms with Gasteiger partial charge in [-0.05, 0) is 42.8 Å². The van der Waals surface area contributed by atoms with Crippen molar-refractivity contribution >= 4 is 46.8 Å². The second kappa shape index (κ2) is 9.49. The van der Waals surface area contributed by atoms with E-state index in [0.29, 0.717) is 33.7 Å². The van der Waals surface area contributed by atoms with Crippen LogP contribution in [0.3, 0.4) is 0 Å². The minimum absolute atomic E-state index is 0. The van der Waals surface area contributed by atoms with Crippen molar-refractivity contribution in [3.63, 3.8) is 0 Å². The molecular weight excluding hydrogens is 519 g/mol. The smallest absolute Gasteiger partial charge is 0.384 e. The molecule has 3 heterocycles. The summed E-state index contributed by atoms with van der Waals surface area (Å²) >= 11 is 3.39. The fourth-order valence-electron chi connectivity index (χ4n) is 3.48. The first-order valence-electron chi connectivity index (χ1n) is 9.58. The quantitative estimate of drug-likeness (QED) is 0.385. The van der Waals surface area contributed by atoms with Crippen molar-refractivity contribution in [2.24, 2.45) is 0 Å². The summed E-state index contributed by atoms with van der Waals surface area (Å²) in [6, 6.07) is 6.06. The van der Waals surface area contributed by atoms with E-state index in [1.807, 2.05) is 6.92 Å². The van der Waals surface area contributed by atoms with Gasteiger partial charge in [0.25, 0.3) is 5.91 Å². The summed E-state index contributed by atoms with van der Waals surface area (Å²) in [5.74, 6) is 6.00. The van der Waals surface area contributed by atoms with E-state index in [-0.39, 0.29) is 32.0 Å². The molecule has 0 radical (unpaired) electrons. The molecule has 6 nitrogen and oxygen atoms in total. The zero-order valence-corrected chi connectivity index (χ0v) is 19.9. The number of nitrogens with two attached hydrogens (primary N) is 1. The van der Waals surface area contributed by atoms with E-state index < -0.39 is 11.7 Å². The minimum Gasteiger partial charge on any atom is -0.384 e. The third kappa shape index (κ3) is 4.86. The monoisotopic (exact) mass is 537 g/mol. The van der Waals surface area contributed by atoms with E-state index >= 15 is 0 Å². The number of hydrogen-bond donors (Lipinski definition) is 1. The summed E-state index contributed by atoms with van der Waals surface area (Å²) in [5.41, 5.74) is 7.56. The summed E-state index contributed by atoms with van der Waals surface area (Å²) in [6.45, 7) is 2.16.